The van der Waals surface area contributed by atoms with Crippen LogP contribution in [-0.4, -0.2) is 30.2 Å². The summed E-state index contributed by atoms with van der Waals surface area (Å²) in [5, 5.41) is 11.3. The molecule has 0 fully saturated rings. The number of amides is 1. The lowest BCUT2D eigenvalue weighted by Gasteiger charge is -2.10. The third-order valence-corrected chi connectivity index (χ3v) is 1.87. The van der Waals surface area contributed by atoms with E-state index in [-0.39, 0.29) is 5.56 Å². The zero-order chi connectivity index (χ0) is 13.9. The first-order valence-electron chi connectivity index (χ1n) is 4.60. The maximum atomic E-state index is 12.0. The van der Waals surface area contributed by atoms with Crippen LogP contribution in [0.5, 0.6) is 11.5 Å². The number of hydrogen-bond acceptors (Lipinski definition) is 4. The molecule has 0 unspecified atom stereocenters. The maximum absolute atomic E-state index is 12.0. The molecule has 98 valence electrons. The highest BCUT2D eigenvalue weighted by atomic mass is 19.4. The van der Waals surface area contributed by atoms with Crippen molar-refractivity contribution in [2.24, 2.45) is 0 Å². The first-order valence-corrected chi connectivity index (χ1v) is 4.60. The van der Waals surface area contributed by atoms with Crippen LogP contribution in [0.1, 0.15) is 10.4 Å². The summed E-state index contributed by atoms with van der Waals surface area (Å²) in [7, 11) is 1.25. The number of rotatable bonds is 2. The highest BCUT2D eigenvalue weighted by Gasteiger charge is 2.41. The number of ether oxygens (including phenoxy) is 1. The molecule has 0 radical (unpaired) electrons. The van der Waals surface area contributed by atoms with E-state index in [0.717, 1.165) is 18.2 Å². The lowest BCUT2D eigenvalue weighted by molar-refractivity contribution is -0.189. The summed E-state index contributed by atoms with van der Waals surface area (Å²) in [6.45, 7) is 0. The largest absolute Gasteiger partial charge is 0.508 e. The number of carbonyl (C=O) groups is 2. The Kier molecular flexibility index (Phi) is 3.79. The van der Waals surface area contributed by atoms with Gasteiger partial charge in [-0.2, -0.15) is 13.2 Å². The van der Waals surface area contributed by atoms with Gasteiger partial charge in [-0.1, -0.05) is 0 Å². The van der Waals surface area contributed by atoms with Crippen LogP contribution >= 0.6 is 0 Å². The topological polar surface area (TPSA) is 75.6 Å². The van der Waals surface area contributed by atoms with Gasteiger partial charge in [-0.25, -0.2) is 4.79 Å². The number of nitrogens with one attached hydrogen (secondary N) is 1. The number of benzene rings is 1. The van der Waals surface area contributed by atoms with Crippen molar-refractivity contribution < 1.29 is 32.6 Å². The van der Waals surface area contributed by atoms with E-state index in [0.29, 0.717) is 0 Å². The molecule has 1 rings (SSSR count). The molecule has 0 saturated heterocycles. The molecule has 0 spiro atoms. The van der Waals surface area contributed by atoms with Gasteiger partial charge >= 0.3 is 12.1 Å². The third-order valence-electron chi connectivity index (χ3n) is 1.87. The summed E-state index contributed by atoms with van der Waals surface area (Å²) >= 11 is 0. The second-order valence-electron chi connectivity index (χ2n) is 3.15. The number of hydrogen-bond donors (Lipinski definition) is 2. The number of halogens is 3. The molecule has 5 nitrogen and oxygen atoms in total. The van der Waals surface area contributed by atoms with Crippen LogP contribution in [0.3, 0.4) is 0 Å². The molecule has 8 heteroatoms. The summed E-state index contributed by atoms with van der Waals surface area (Å²) in [6.07, 6.45) is -5.19. The van der Waals surface area contributed by atoms with Crippen LogP contribution in [0, 0.1) is 0 Å². The molecule has 0 aliphatic rings. The molecule has 0 heterocycles. The normalized spacial score (nSPS) is 10.9. The lowest BCUT2D eigenvalue weighted by atomic mass is 10.2. The molecule has 0 aliphatic heterocycles. The molecule has 0 bridgehead atoms. The van der Waals surface area contributed by atoms with Gasteiger partial charge in [-0.15, -0.1) is 0 Å². The number of aromatic hydroxyl groups is 1. The minimum Gasteiger partial charge on any atom is -0.508 e. The molecule has 2 N–H and O–H groups in total. The minimum absolute atomic E-state index is 0.298. The second-order valence-corrected chi connectivity index (χ2v) is 3.15. The van der Waals surface area contributed by atoms with Crippen LogP contribution in [-0.2, 0) is 4.79 Å². The fourth-order valence-electron chi connectivity index (χ4n) is 1.08. The third kappa shape index (κ3) is 3.12. The number of carbonyl (C=O) groups excluding carboxylic acids is 2. The smallest absolute Gasteiger partial charge is 0.491 e. The quantitative estimate of drug-likeness (QED) is 0.621. The van der Waals surface area contributed by atoms with E-state index in [9.17, 15) is 22.8 Å². The van der Waals surface area contributed by atoms with Gasteiger partial charge in [0.15, 0.2) is 0 Å². The predicted octanol–water partition coefficient (Wildman–Crippen LogP) is 1.22. The Hall–Kier alpha value is -2.25. The van der Waals surface area contributed by atoms with Crippen molar-refractivity contribution in [3.05, 3.63) is 23.8 Å². The van der Waals surface area contributed by atoms with Crippen molar-refractivity contribution in [2.45, 2.75) is 6.18 Å². The standard InChI is InChI=1S/C10H8F3NO4/c1-14-8(16)6-3-2-5(15)4-7(6)18-9(17)10(11,12)13/h2-4,15H,1H3,(H,14,16). The van der Waals surface area contributed by atoms with Crippen LogP contribution in [0.2, 0.25) is 0 Å². The molecule has 0 aliphatic carbocycles. The van der Waals surface area contributed by atoms with E-state index >= 15 is 0 Å². The average molecular weight is 263 g/mol. The number of alkyl halides is 3. The molecule has 1 aromatic carbocycles. The van der Waals surface area contributed by atoms with E-state index in [2.05, 4.69) is 10.1 Å². The Morgan fingerprint density at radius 2 is 1.94 bits per heavy atom. The predicted molar refractivity (Wildman–Crippen MR) is 53.2 cm³/mol. The van der Waals surface area contributed by atoms with E-state index in [4.69, 9.17) is 5.11 Å². The van der Waals surface area contributed by atoms with Crippen molar-refractivity contribution in [1.82, 2.24) is 5.32 Å². The zero-order valence-corrected chi connectivity index (χ0v) is 9.04. The van der Waals surface area contributed by atoms with Gasteiger partial charge in [0.05, 0.1) is 5.56 Å². The van der Waals surface area contributed by atoms with Gasteiger partial charge in [0.1, 0.15) is 11.5 Å². The summed E-state index contributed by atoms with van der Waals surface area (Å²) in [5.41, 5.74) is -0.298. The van der Waals surface area contributed by atoms with Crippen molar-refractivity contribution >= 4 is 11.9 Å². The minimum atomic E-state index is -5.19. The second kappa shape index (κ2) is 4.94. The van der Waals surface area contributed by atoms with Gasteiger partial charge in [0.25, 0.3) is 5.91 Å². The Labute approximate surface area is 99.2 Å². The van der Waals surface area contributed by atoms with Crippen molar-refractivity contribution in [3.63, 3.8) is 0 Å². The average Bonchev–Trinajstić information content (AvgIpc) is 2.27. The fraction of sp³-hybridized carbons (Fsp3) is 0.200. The van der Waals surface area contributed by atoms with E-state index in [1.165, 1.54) is 7.05 Å². The van der Waals surface area contributed by atoms with Gasteiger partial charge < -0.3 is 15.2 Å². The molecular weight excluding hydrogens is 255 g/mol. The molecular formula is C10H8F3NO4. The Balaban J connectivity index is 3.11. The van der Waals surface area contributed by atoms with Crippen LogP contribution in [0.15, 0.2) is 18.2 Å². The van der Waals surface area contributed by atoms with E-state index < -0.39 is 29.6 Å². The Bertz CT molecular complexity index is 485. The monoisotopic (exact) mass is 263 g/mol. The summed E-state index contributed by atoms with van der Waals surface area (Å²) in [4.78, 5) is 22.0. The van der Waals surface area contributed by atoms with Crippen LogP contribution in [0.4, 0.5) is 13.2 Å². The SMILES string of the molecule is CNC(=O)c1ccc(O)cc1OC(=O)C(F)(F)F. The molecule has 1 aromatic rings. The summed E-state index contributed by atoms with van der Waals surface area (Å²) in [5.74, 6) is -4.33. The zero-order valence-electron chi connectivity index (χ0n) is 9.04. The van der Waals surface area contributed by atoms with Crippen LogP contribution < -0.4 is 10.1 Å². The highest BCUT2D eigenvalue weighted by Crippen LogP contribution is 2.27. The molecule has 1 amide bonds. The van der Waals surface area contributed by atoms with Gasteiger partial charge in [-0.05, 0) is 12.1 Å². The van der Waals surface area contributed by atoms with Gasteiger partial charge in [0, 0.05) is 13.1 Å². The van der Waals surface area contributed by atoms with E-state index in [1.54, 1.807) is 0 Å². The summed E-state index contributed by atoms with van der Waals surface area (Å²) in [6, 6.07) is 2.86. The lowest BCUT2D eigenvalue weighted by Crippen LogP contribution is -2.29. The molecule has 18 heavy (non-hydrogen) atoms. The first kappa shape index (κ1) is 13.8. The maximum Gasteiger partial charge on any atom is 0.491 e. The van der Waals surface area contributed by atoms with Crippen LogP contribution in [0.25, 0.3) is 0 Å². The van der Waals surface area contributed by atoms with Crippen molar-refractivity contribution in [3.8, 4) is 11.5 Å². The van der Waals surface area contributed by atoms with Gasteiger partial charge in [0.2, 0.25) is 0 Å². The fourth-order valence-corrected chi connectivity index (χ4v) is 1.08. The number of phenols is 1. The molecule has 0 aromatic heterocycles. The first-order chi connectivity index (χ1) is 8.25. The van der Waals surface area contributed by atoms with Crippen molar-refractivity contribution in [2.75, 3.05) is 7.05 Å². The number of phenolic OH excluding ortho intramolecular Hbond substituents is 1. The van der Waals surface area contributed by atoms with E-state index in [1.807, 2.05) is 0 Å². The molecule has 0 saturated carbocycles. The van der Waals surface area contributed by atoms with Gasteiger partial charge in [-0.3, -0.25) is 4.79 Å². The van der Waals surface area contributed by atoms with Crippen molar-refractivity contribution in [1.29, 1.82) is 0 Å². The Morgan fingerprint density at radius 3 is 2.44 bits per heavy atom. The number of esters is 1. The summed E-state index contributed by atoms with van der Waals surface area (Å²) < 4.78 is 40.1. The molecule has 0 atom stereocenters. The Morgan fingerprint density at radius 1 is 1.33 bits per heavy atom. The highest BCUT2D eigenvalue weighted by molar-refractivity contribution is 5.97.